The van der Waals surface area contributed by atoms with Crippen LogP contribution in [0.3, 0.4) is 0 Å². The Morgan fingerprint density at radius 2 is 2.00 bits per heavy atom. The van der Waals surface area contributed by atoms with Crippen LogP contribution >= 0.6 is 12.2 Å². The number of nitrogens with zero attached hydrogens (tertiary/aromatic N) is 4. The summed E-state index contributed by atoms with van der Waals surface area (Å²) in [4.78, 5) is 12.1. The Hall–Kier alpha value is -1.72. The number of halogens is 3. The number of nitrogens with one attached hydrogen (secondary N) is 2. The van der Waals surface area contributed by atoms with Crippen molar-refractivity contribution in [1.82, 2.24) is 20.2 Å². The molecule has 0 amide bonds. The highest BCUT2D eigenvalue weighted by molar-refractivity contribution is 7.80. The van der Waals surface area contributed by atoms with E-state index < -0.39 is 11.9 Å². The minimum Gasteiger partial charge on any atom is -0.379 e. The smallest absolute Gasteiger partial charge is 0.379 e. The van der Waals surface area contributed by atoms with E-state index in [1.807, 2.05) is 11.8 Å². The van der Waals surface area contributed by atoms with Crippen molar-refractivity contribution in [3.8, 4) is 0 Å². The standard InChI is InChI=1S/C18H27F3N6OS/c1-13-4-2-3-6-27(13)15-12-14(18(19,20)21)23-16(24-15)25-17(29)22-5-7-26-8-10-28-11-9-26/h12-13H,2-11H2,1H3,(H2,22,23,24,25,29). The first-order valence-electron chi connectivity index (χ1n) is 9.91. The SMILES string of the molecule is CC1CCCCN1c1cc(C(F)(F)F)nc(NC(=S)NCCN2CCOCC2)n1. The van der Waals surface area contributed by atoms with Crippen molar-refractivity contribution >= 4 is 29.1 Å². The van der Waals surface area contributed by atoms with Crippen LogP contribution in [-0.4, -0.2) is 72.0 Å². The summed E-state index contributed by atoms with van der Waals surface area (Å²) in [5.74, 6) is 0.134. The topological polar surface area (TPSA) is 65.6 Å². The highest BCUT2D eigenvalue weighted by atomic mass is 32.1. The Morgan fingerprint density at radius 3 is 2.69 bits per heavy atom. The molecule has 1 aromatic heterocycles. The molecule has 2 saturated heterocycles. The number of anilines is 2. The number of rotatable bonds is 5. The summed E-state index contributed by atoms with van der Waals surface area (Å²) >= 11 is 5.22. The van der Waals surface area contributed by atoms with Crippen LogP contribution in [0.2, 0.25) is 0 Å². The third-order valence-corrected chi connectivity index (χ3v) is 5.39. The minimum absolute atomic E-state index is 0.131. The fourth-order valence-electron chi connectivity index (χ4n) is 3.52. The van der Waals surface area contributed by atoms with Crippen LogP contribution in [0.5, 0.6) is 0 Å². The van der Waals surface area contributed by atoms with Gasteiger partial charge in [-0.25, -0.2) is 4.98 Å². The van der Waals surface area contributed by atoms with Crippen LogP contribution in [0.25, 0.3) is 0 Å². The van der Waals surface area contributed by atoms with Crippen LogP contribution in [0, 0.1) is 0 Å². The number of alkyl halides is 3. The Balaban J connectivity index is 1.65. The monoisotopic (exact) mass is 432 g/mol. The molecule has 1 atom stereocenters. The Kier molecular flexibility index (Phi) is 7.47. The number of aromatic nitrogens is 2. The van der Waals surface area contributed by atoms with Crippen molar-refractivity contribution in [2.45, 2.75) is 38.4 Å². The first kappa shape index (κ1) is 22.0. The number of hydrogen-bond donors (Lipinski definition) is 2. The van der Waals surface area contributed by atoms with E-state index in [0.29, 0.717) is 26.3 Å². The van der Waals surface area contributed by atoms with E-state index in [0.717, 1.165) is 45.0 Å². The van der Waals surface area contributed by atoms with Gasteiger partial charge in [0, 0.05) is 44.8 Å². The van der Waals surface area contributed by atoms with Gasteiger partial charge in [-0.2, -0.15) is 18.2 Å². The second-order valence-electron chi connectivity index (χ2n) is 7.31. The third-order valence-electron chi connectivity index (χ3n) is 5.14. The van der Waals surface area contributed by atoms with E-state index in [1.54, 1.807) is 0 Å². The molecule has 0 radical (unpaired) electrons. The summed E-state index contributed by atoms with van der Waals surface area (Å²) in [6.45, 7) is 7.14. The van der Waals surface area contributed by atoms with Crippen LogP contribution in [0.15, 0.2) is 6.07 Å². The van der Waals surface area contributed by atoms with Crippen molar-refractivity contribution in [1.29, 1.82) is 0 Å². The molecule has 7 nitrogen and oxygen atoms in total. The van der Waals surface area contributed by atoms with Gasteiger partial charge in [0.05, 0.1) is 13.2 Å². The molecule has 29 heavy (non-hydrogen) atoms. The molecule has 0 spiro atoms. The van der Waals surface area contributed by atoms with Crippen molar-refractivity contribution in [2.24, 2.45) is 0 Å². The second-order valence-corrected chi connectivity index (χ2v) is 7.71. The zero-order valence-electron chi connectivity index (χ0n) is 16.5. The lowest BCUT2D eigenvalue weighted by Gasteiger charge is -2.34. The van der Waals surface area contributed by atoms with Crippen molar-refractivity contribution < 1.29 is 17.9 Å². The van der Waals surface area contributed by atoms with Crippen molar-refractivity contribution in [3.05, 3.63) is 11.8 Å². The molecule has 162 valence electrons. The molecule has 2 fully saturated rings. The van der Waals surface area contributed by atoms with E-state index in [-0.39, 0.29) is 22.9 Å². The Bertz CT molecular complexity index is 699. The van der Waals surface area contributed by atoms with Gasteiger partial charge in [-0.3, -0.25) is 4.90 Å². The highest BCUT2D eigenvalue weighted by Crippen LogP contribution is 2.32. The number of morpholine rings is 1. The first-order valence-corrected chi connectivity index (χ1v) is 10.3. The van der Waals surface area contributed by atoms with Gasteiger partial charge in [0.1, 0.15) is 5.82 Å². The third kappa shape index (κ3) is 6.38. The van der Waals surface area contributed by atoms with Gasteiger partial charge in [0.2, 0.25) is 5.95 Å². The molecule has 3 heterocycles. The van der Waals surface area contributed by atoms with Gasteiger partial charge in [0.25, 0.3) is 0 Å². The number of hydrogen-bond acceptors (Lipinski definition) is 6. The molecule has 0 bridgehead atoms. The largest absolute Gasteiger partial charge is 0.433 e. The number of thiocarbonyl (C=S) groups is 1. The first-order chi connectivity index (χ1) is 13.8. The number of piperidine rings is 1. The minimum atomic E-state index is -4.56. The van der Waals surface area contributed by atoms with Crippen LogP contribution in [0.1, 0.15) is 31.9 Å². The highest BCUT2D eigenvalue weighted by Gasteiger charge is 2.35. The van der Waals surface area contributed by atoms with Gasteiger partial charge in [-0.05, 0) is 38.4 Å². The zero-order chi connectivity index (χ0) is 20.9. The lowest BCUT2D eigenvalue weighted by Crippen LogP contribution is -2.42. The summed E-state index contributed by atoms with van der Waals surface area (Å²) in [6, 6.07) is 1.15. The summed E-state index contributed by atoms with van der Waals surface area (Å²) in [6.07, 6.45) is -1.63. The molecule has 1 aromatic rings. The molecule has 1 unspecified atom stereocenters. The van der Waals surface area contributed by atoms with Crippen LogP contribution < -0.4 is 15.5 Å². The molecule has 0 saturated carbocycles. The lowest BCUT2D eigenvalue weighted by molar-refractivity contribution is -0.141. The molecule has 2 aliphatic heterocycles. The predicted octanol–water partition coefficient (Wildman–Crippen LogP) is 2.49. The fourth-order valence-corrected chi connectivity index (χ4v) is 3.71. The van der Waals surface area contributed by atoms with Gasteiger partial charge in [-0.15, -0.1) is 0 Å². The van der Waals surface area contributed by atoms with Gasteiger partial charge in [-0.1, -0.05) is 0 Å². The van der Waals surface area contributed by atoms with E-state index in [4.69, 9.17) is 17.0 Å². The maximum Gasteiger partial charge on any atom is 0.433 e. The fraction of sp³-hybridized carbons (Fsp3) is 0.722. The van der Waals surface area contributed by atoms with Gasteiger partial charge < -0.3 is 20.3 Å². The average Bonchev–Trinajstić information content (AvgIpc) is 2.68. The Labute approximate surface area is 174 Å². The molecule has 2 aliphatic rings. The quantitative estimate of drug-likeness (QED) is 0.688. The second kappa shape index (κ2) is 9.86. The Morgan fingerprint density at radius 1 is 1.24 bits per heavy atom. The lowest BCUT2D eigenvalue weighted by atomic mass is 10.0. The molecular formula is C18H27F3N6OS. The summed E-state index contributed by atoms with van der Waals surface area (Å²) in [5, 5.41) is 5.93. The molecule has 0 aromatic carbocycles. The zero-order valence-corrected chi connectivity index (χ0v) is 17.3. The normalized spacial score (nSPS) is 21.1. The molecular weight excluding hydrogens is 405 g/mol. The van der Waals surface area contributed by atoms with E-state index in [9.17, 15) is 13.2 Å². The maximum atomic E-state index is 13.4. The van der Waals surface area contributed by atoms with Crippen LogP contribution in [0.4, 0.5) is 24.9 Å². The van der Waals surface area contributed by atoms with E-state index in [1.165, 1.54) is 0 Å². The van der Waals surface area contributed by atoms with Crippen LogP contribution in [-0.2, 0) is 10.9 Å². The molecule has 3 rings (SSSR count). The summed E-state index contributed by atoms with van der Waals surface area (Å²) < 4.78 is 45.4. The summed E-state index contributed by atoms with van der Waals surface area (Å²) in [7, 11) is 0. The van der Waals surface area contributed by atoms with E-state index in [2.05, 4.69) is 25.5 Å². The average molecular weight is 433 g/mol. The van der Waals surface area contributed by atoms with Gasteiger partial charge in [0.15, 0.2) is 10.8 Å². The maximum absolute atomic E-state index is 13.4. The molecule has 2 N–H and O–H groups in total. The van der Waals surface area contributed by atoms with Gasteiger partial charge >= 0.3 is 6.18 Å². The predicted molar refractivity (Wildman–Crippen MR) is 109 cm³/mol. The van der Waals surface area contributed by atoms with Crippen molar-refractivity contribution in [3.63, 3.8) is 0 Å². The molecule has 0 aliphatic carbocycles. The summed E-state index contributed by atoms with van der Waals surface area (Å²) in [5.41, 5.74) is -0.973. The number of ether oxygens (including phenoxy) is 1. The van der Waals surface area contributed by atoms with Crippen molar-refractivity contribution in [2.75, 3.05) is 56.2 Å². The van der Waals surface area contributed by atoms with E-state index >= 15 is 0 Å². The molecule has 11 heteroatoms.